The molecule has 88 valence electrons. The number of ether oxygens (including phenoxy) is 1. The zero-order valence-electron chi connectivity index (χ0n) is 9.17. The van der Waals surface area contributed by atoms with Crippen LogP contribution >= 0.6 is 23.2 Å². The summed E-state index contributed by atoms with van der Waals surface area (Å²) in [5.74, 6) is 0.667. The fraction of sp³-hybridized carbons (Fsp3) is 0.333. The molecule has 0 heterocycles. The quantitative estimate of drug-likeness (QED) is 0.880. The fourth-order valence-electron chi connectivity index (χ4n) is 1.21. The Hall–Kier alpha value is -0.700. The second-order valence-electron chi connectivity index (χ2n) is 3.55. The fourth-order valence-corrected chi connectivity index (χ4v) is 1.53. The summed E-state index contributed by atoms with van der Waals surface area (Å²) in [6, 6.07) is 5.70. The van der Waals surface area contributed by atoms with Gasteiger partial charge in [0.1, 0.15) is 12.4 Å². The molecule has 1 rings (SSSR count). The second-order valence-corrected chi connectivity index (χ2v) is 4.17. The normalized spacial score (nSPS) is 11.6. The standard InChI is InChI=1S/C12H15Cl2NO/c1-9(7-13)8-16-12-3-2-10(4-5-15)6-11(12)14/h2-3,6-7H,4-5,8,15H2,1H3/b9-7-. The van der Waals surface area contributed by atoms with Gasteiger partial charge >= 0.3 is 0 Å². The molecular weight excluding hydrogens is 245 g/mol. The third-order valence-electron chi connectivity index (χ3n) is 2.07. The summed E-state index contributed by atoms with van der Waals surface area (Å²) in [6.07, 6.45) is 0.820. The maximum Gasteiger partial charge on any atom is 0.138 e. The zero-order chi connectivity index (χ0) is 12.0. The van der Waals surface area contributed by atoms with Gasteiger partial charge in [-0.05, 0) is 43.2 Å². The molecule has 0 spiro atoms. The van der Waals surface area contributed by atoms with Crippen LogP contribution in [0.15, 0.2) is 29.3 Å². The predicted molar refractivity (Wildman–Crippen MR) is 69.3 cm³/mol. The van der Waals surface area contributed by atoms with E-state index in [1.807, 2.05) is 25.1 Å². The number of rotatable bonds is 5. The van der Waals surface area contributed by atoms with Crippen molar-refractivity contribution >= 4 is 23.2 Å². The Labute approximate surface area is 106 Å². The van der Waals surface area contributed by atoms with Crippen molar-refractivity contribution < 1.29 is 4.74 Å². The summed E-state index contributed by atoms with van der Waals surface area (Å²) in [7, 11) is 0. The molecule has 0 saturated heterocycles. The minimum Gasteiger partial charge on any atom is -0.488 e. The average Bonchev–Trinajstić information content (AvgIpc) is 2.28. The van der Waals surface area contributed by atoms with Crippen molar-refractivity contribution in [1.82, 2.24) is 0 Å². The minimum atomic E-state index is 0.444. The largest absolute Gasteiger partial charge is 0.488 e. The van der Waals surface area contributed by atoms with Gasteiger partial charge in [-0.15, -0.1) is 0 Å². The molecule has 0 aliphatic heterocycles. The van der Waals surface area contributed by atoms with Crippen molar-refractivity contribution in [3.05, 3.63) is 39.9 Å². The Bertz CT molecular complexity index is 377. The molecule has 0 saturated carbocycles. The lowest BCUT2D eigenvalue weighted by atomic mass is 10.1. The summed E-state index contributed by atoms with van der Waals surface area (Å²) in [5.41, 5.74) is 9.03. The highest BCUT2D eigenvalue weighted by atomic mass is 35.5. The van der Waals surface area contributed by atoms with E-state index >= 15 is 0 Å². The van der Waals surface area contributed by atoms with Crippen LogP contribution in [0.25, 0.3) is 0 Å². The molecular formula is C12H15Cl2NO. The van der Waals surface area contributed by atoms with Crippen molar-refractivity contribution in [2.75, 3.05) is 13.2 Å². The molecule has 2 nitrogen and oxygen atoms in total. The van der Waals surface area contributed by atoms with E-state index in [9.17, 15) is 0 Å². The summed E-state index contributed by atoms with van der Waals surface area (Å²) >= 11 is 11.6. The van der Waals surface area contributed by atoms with Crippen LogP contribution in [0.5, 0.6) is 5.75 Å². The molecule has 0 aliphatic rings. The lowest BCUT2D eigenvalue weighted by molar-refractivity contribution is 0.352. The van der Waals surface area contributed by atoms with Crippen molar-refractivity contribution in [3.63, 3.8) is 0 Å². The number of hydrogen-bond donors (Lipinski definition) is 1. The molecule has 0 atom stereocenters. The van der Waals surface area contributed by atoms with Crippen LogP contribution in [0.1, 0.15) is 12.5 Å². The van der Waals surface area contributed by atoms with Crippen LogP contribution in [-0.4, -0.2) is 13.2 Å². The first kappa shape index (κ1) is 13.4. The van der Waals surface area contributed by atoms with Crippen LogP contribution in [0, 0.1) is 0 Å². The average molecular weight is 260 g/mol. The molecule has 0 amide bonds. The maximum atomic E-state index is 6.07. The summed E-state index contributed by atoms with van der Waals surface area (Å²) in [6.45, 7) is 2.95. The monoisotopic (exact) mass is 259 g/mol. The van der Waals surface area contributed by atoms with Crippen LogP contribution < -0.4 is 10.5 Å². The minimum absolute atomic E-state index is 0.444. The first-order valence-corrected chi connectivity index (χ1v) is 5.86. The predicted octanol–water partition coefficient (Wildman–Crippen LogP) is 3.36. The van der Waals surface area contributed by atoms with Crippen LogP contribution in [0.3, 0.4) is 0 Å². The Morgan fingerprint density at radius 3 is 2.81 bits per heavy atom. The number of benzene rings is 1. The van der Waals surface area contributed by atoms with Gasteiger partial charge in [-0.1, -0.05) is 29.3 Å². The second kappa shape index (κ2) is 6.79. The van der Waals surface area contributed by atoms with E-state index in [1.165, 1.54) is 5.54 Å². The topological polar surface area (TPSA) is 35.2 Å². The van der Waals surface area contributed by atoms with Crippen LogP contribution in [0.4, 0.5) is 0 Å². The Balaban J connectivity index is 2.67. The van der Waals surface area contributed by atoms with Crippen LogP contribution in [-0.2, 0) is 6.42 Å². The molecule has 0 unspecified atom stereocenters. The number of hydrogen-bond acceptors (Lipinski definition) is 2. The summed E-state index contributed by atoms with van der Waals surface area (Å²) in [5, 5.41) is 0.605. The van der Waals surface area contributed by atoms with E-state index in [2.05, 4.69) is 0 Å². The van der Waals surface area contributed by atoms with Gasteiger partial charge in [0.05, 0.1) is 5.02 Å². The summed E-state index contributed by atoms with van der Waals surface area (Å²) < 4.78 is 5.51. The van der Waals surface area contributed by atoms with Crippen molar-refractivity contribution in [1.29, 1.82) is 0 Å². The van der Waals surface area contributed by atoms with Gasteiger partial charge in [0, 0.05) is 5.54 Å². The van der Waals surface area contributed by atoms with Crippen molar-refractivity contribution in [3.8, 4) is 5.75 Å². The Kier molecular flexibility index (Phi) is 5.67. The third-order valence-corrected chi connectivity index (χ3v) is 2.74. The van der Waals surface area contributed by atoms with E-state index in [1.54, 1.807) is 0 Å². The van der Waals surface area contributed by atoms with Gasteiger partial charge in [-0.2, -0.15) is 0 Å². The Morgan fingerprint density at radius 1 is 1.50 bits per heavy atom. The van der Waals surface area contributed by atoms with E-state index in [-0.39, 0.29) is 0 Å². The molecule has 0 bridgehead atoms. The highest BCUT2D eigenvalue weighted by molar-refractivity contribution is 6.32. The molecule has 2 N–H and O–H groups in total. The first-order chi connectivity index (χ1) is 7.67. The maximum absolute atomic E-state index is 6.07. The molecule has 4 heteroatoms. The molecule has 0 radical (unpaired) electrons. The molecule has 1 aromatic rings. The number of halogens is 2. The van der Waals surface area contributed by atoms with E-state index in [0.717, 1.165) is 17.6 Å². The Morgan fingerprint density at radius 2 is 2.25 bits per heavy atom. The van der Waals surface area contributed by atoms with Gasteiger partial charge in [0.2, 0.25) is 0 Å². The highest BCUT2D eigenvalue weighted by Gasteiger charge is 2.03. The van der Waals surface area contributed by atoms with Crippen molar-refractivity contribution in [2.24, 2.45) is 5.73 Å². The molecule has 1 aromatic carbocycles. The van der Waals surface area contributed by atoms with Gasteiger partial charge in [0.25, 0.3) is 0 Å². The SMILES string of the molecule is C/C(=C/Cl)COc1ccc(CCN)cc1Cl. The number of nitrogens with two attached hydrogens (primary N) is 1. The smallest absolute Gasteiger partial charge is 0.138 e. The first-order valence-electron chi connectivity index (χ1n) is 5.04. The molecule has 0 aliphatic carbocycles. The van der Waals surface area contributed by atoms with Gasteiger partial charge in [-0.3, -0.25) is 0 Å². The van der Waals surface area contributed by atoms with Crippen molar-refractivity contribution in [2.45, 2.75) is 13.3 Å². The van der Waals surface area contributed by atoms with E-state index in [0.29, 0.717) is 23.9 Å². The lowest BCUT2D eigenvalue weighted by Gasteiger charge is -2.09. The van der Waals surface area contributed by atoms with Gasteiger partial charge in [-0.25, -0.2) is 0 Å². The summed E-state index contributed by atoms with van der Waals surface area (Å²) in [4.78, 5) is 0. The molecule has 0 aromatic heterocycles. The van der Waals surface area contributed by atoms with Gasteiger partial charge < -0.3 is 10.5 Å². The van der Waals surface area contributed by atoms with Crippen LogP contribution in [0.2, 0.25) is 5.02 Å². The zero-order valence-corrected chi connectivity index (χ0v) is 10.7. The third kappa shape index (κ3) is 4.05. The van der Waals surface area contributed by atoms with E-state index in [4.69, 9.17) is 33.7 Å². The van der Waals surface area contributed by atoms with Gasteiger partial charge in [0.15, 0.2) is 0 Å². The molecule has 0 fully saturated rings. The lowest BCUT2D eigenvalue weighted by Crippen LogP contribution is -2.03. The molecule has 16 heavy (non-hydrogen) atoms. The van der Waals surface area contributed by atoms with E-state index < -0.39 is 0 Å². The highest BCUT2D eigenvalue weighted by Crippen LogP contribution is 2.26.